The summed E-state index contributed by atoms with van der Waals surface area (Å²) in [6.45, 7) is 1.96. The van der Waals surface area contributed by atoms with Crippen LogP contribution in [0.1, 0.15) is 16.2 Å². The molecule has 28 heavy (non-hydrogen) atoms. The molecule has 1 N–H and O–H groups in total. The van der Waals surface area contributed by atoms with Gasteiger partial charge in [0.25, 0.3) is 0 Å². The quantitative estimate of drug-likeness (QED) is 0.350. The first-order chi connectivity index (χ1) is 13.0. The van der Waals surface area contributed by atoms with E-state index in [9.17, 15) is 4.79 Å². The fourth-order valence-electron chi connectivity index (χ4n) is 2.39. The summed E-state index contributed by atoms with van der Waals surface area (Å²) in [7, 11) is 0. The summed E-state index contributed by atoms with van der Waals surface area (Å²) in [6.07, 6.45) is 1.45. The second-order valence-corrected chi connectivity index (χ2v) is 6.02. The molecule has 0 unspecified atom stereocenters. The van der Waals surface area contributed by atoms with Crippen LogP contribution in [-0.4, -0.2) is 26.0 Å². The van der Waals surface area contributed by atoms with Crippen LogP contribution < -0.4 is 0 Å². The fourth-order valence-corrected chi connectivity index (χ4v) is 2.50. The first kappa shape index (κ1) is 21.6. The van der Waals surface area contributed by atoms with Gasteiger partial charge < -0.3 is 5.11 Å². The number of pyridine rings is 1. The van der Waals surface area contributed by atoms with Crippen LogP contribution in [0.2, 0.25) is 5.02 Å². The number of halogens is 1. The molecular weight excluding hydrogens is 554 g/mol. The van der Waals surface area contributed by atoms with E-state index < -0.39 is 5.97 Å². The first-order valence-electron chi connectivity index (χ1n) is 8.10. The molecule has 0 saturated heterocycles. The van der Waals surface area contributed by atoms with Crippen molar-refractivity contribution in [1.82, 2.24) is 15.0 Å². The van der Waals surface area contributed by atoms with Gasteiger partial charge in [0.15, 0.2) is 0 Å². The van der Waals surface area contributed by atoms with Gasteiger partial charge in [-0.05, 0) is 36.2 Å². The van der Waals surface area contributed by atoms with E-state index in [-0.39, 0.29) is 25.8 Å². The number of rotatable bonds is 2. The smallest absolute Gasteiger partial charge is 0.354 e. The van der Waals surface area contributed by atoms with Gasteiger partial charge in [0.1, 0.15) is 5.69 Å². The van der Waals surface area contributed by atoms with Crippen LogP contribution >= 0.6 is 11.6 Å². The predicted octanol–water partition coefficient (Wildman–Crippen LogP) is 4.84. The number of aryl methyl sites for hydroxylation is 1. The molecule has 4 aromatic rings. The number of carbonyl (C=O) groups is 1. The number of fused-ring (bicyclic) bond motifs is 1. The van der Waals surface area contributed by atoms with E-state index in [1.165, 1.54) is 12.3 Å². The minimum Gasteiger partial charge on any atom is -0.477 e. The molecule has 0 bridgehead atoms. The van der Waals surface area contributed by atoms with Crippen molar-refractivity contribution >= 4 is 28.6 Å². The molecule has 4 rings (SSSR count). The zero-order valence-corrected chi connectivity index (χ0v) is 17.9. The van der Waals surface area contributed by atoms with Gasteiger partial charge in [-0.2, -0.15) is 0 Å². The van der Waals surface area contributed by atoms with Crippen LogP contribution in [0.4, 0.5) is 0 Å². The Bertz CT molecular complexity index is 1070. The van der Waals surface area contributed by atoms with Crippen LogP contribution in [-0.2, 0) is 20.1 Å². The van der Waals surface area contributed by atoms with Crippen molar-refractivity contribution in [3.05, 3.63) is 89.3 Å². The number of benzene rings is 2. The maximum Gasteiger partial charge on any atom is 0.354 e. The third kappa shape index (κ3) is 5.42. The summed E-state index contributed by atoms with van der Waals surface area (Å²) in [5, 5.41) is 8.99. The van der Waals surface area contributed by atoms with E-state index in [1.54, 1.807) is 18.2 Å². The molecule has 0 saturated carbocycles. The molecule has 0 aliphatic heterocycles. The molecule has 0 aliphatic carbocycles. The molecule has 0 amide bonds. The number of hydrogen-bond donors (Lipinski definition) is 1. The van der Waals surface area contributed by atoms with Crippen LogP contribution in [0.5, 0.6) is 0 Å². The number of aromatic nitrogens is 3. The van der Waals surface area contributed by atoms with E-state index in [2.05, 4.69) is 21.0 Å². The summed E-state index contributed by atoms with van der Waals surface area (Å²) in [5.74, 6) is -0.990. The second kappa shape index (κ2) is 10.0. The molecule has 7 heteroatoms. The second-order valence-electron chi connectivity index (χ2n) is 5.59. The zero-order valence-electron chi connectivity index (χ0n) is 14.8. The number of para-hydroxylation sites is 2. The van der Waals surface area contributed by atoms with Gasteiger partial charge in [-0.25, -0.2) is 9.78 Å². The van der Waals surface area contributed by atoms with Gasteiger partial charge in [0.05, 0.1) is 11.0 Å². The monoisotopic (exact) mass is 569 g/mol. The molecule has 143 valence electrons. The Morgan fingerprint density at radius 2 is 1.68 bits per heavy atom. The third-order valence-electron chi connectivity index (χ3n) is 3.66. The van der Waals surface area contributed by atoms with Gasteiger partial charge in [0, 0.05) is 37.7 Å². The van der Waals surface area contributed by atoms with Crippen molar-refractivity contribution in [3.63, 3.8) is 0 Å². The van der Waals surface area contributed by atoms with Gasteiger partial charge in [-0.15, -0.1) is 41.4 Å². The zero-order chi connectivity index (χ0) is 19.2. The topological polar surface area (TPSA) is 76.0 Å². The Balaban J connectivity index is 0.000000239. The summed E-state index contributed by atoms with van der Waals surface area (Å²) in [4.78, 5) is 22.9. The summed E-state index contributed by atoms with van der Waals surface area (Å²) >= 11 is 5.87. The van der Waals surface area contributed by atoms with Gasteiger partial charge >= 0.3 is 5.97 Å². The Labute approximate surface area is 180 Å². The maximum absolute atomic E-state index is 10.1. The molecule has 1 radical (unpaired) electrons. The number of carboxylic acids is 1. The number of nitrogens with zero attached hydrogens (tertiary/aromatic N) is 3. The van der Waals surface area contributed by atoms with Gasteiger partial charge in [-0.1, -0.05) is 18.2 Å². The van der Waals surface area contributed by atoms with E-state index in [1.807, 2.05) is 43.3 Å². The minimum atomic E-state index is -0.990. The summed E-state index contributed by atoms with van der Waals surface area (Å²) < 4.78 is 0. The molecule has 5 nitrogen and oxygen atoms in total. The van der Waals surface area contributed by atoms with Gasteiger partial charge in [0.2, 0.25) is 0 Å². The van der Waals surface area contributed by atoms with E-state index in [0.29, 0.717) is 5.02 Å². The minimum absolute atomic E-state index is 0. The van der Waals surface area contributed by atoms with Crippen LogP contribution in [0.25, 0.3) is 22.3 Å². The average Bonchev–Trinajstić information content (AvgIpc) is 2.69. The Hall–Kier alpha value is -2.66. The van der Waals surface area contributed by atoms with Crippen molar-refractivity contribution in [1.29, 1.82) is 0 Å². The van der Waals surface area contributed by atoms with E-state index in [4.69, 9.17) is 16.7 Å². The molecule has 2 aromatic heterocycles. The average molecular weight is 569 g/mol. The van der Waals surface area contributed by atoms with Crippen molar-refractivity contribution in [2.45, 2.75) is 6.92 Å². The molecule has 0 fully saturated rings. The van der Waals surface area contributed by atoms with Crippen molar-refractivity contribution < 1.29 is 30.0 Å². The summed E-state index contributed by atoms with van der Waals surface area (Å²) in [5.41, 5.74) is 4.54. The SMILES string of the molecule is Cc1nc2ccccc2nc1-c1[c-]cc(Cl)cc1.O=C(O)c1ccccn1.[Ir]. The largest absolute Gasteiger partial charge is 0.477 e. The molecule has 2 heterocycles. The molecule has 0 aliphatic rings. The Morgan fingerprint density at radius 1 is 1.00 bits per heavy atom. The van der Waals surface area contributed by atoms with E-state index in [0.717, 1.165) is 28.0 Å². The van der Waals surface area contributed by atoms with Crippen molar-refractivity contribution in [2.24, 2.45) is 0 Å². The predicted molar refractivity (Wildman–Crippen MR) is 105 cm³/mol. The standard InChI is InChI=1S/C15H10ClN2.C6H5NO2.Ir/c1-10-15(11-6-8-12(16)9-7-11)18-14-5-3-2-4-13(14)17-10;8-6(9)5-3-1-2-4-7-5;/h2-6,8-9H,1H3;1-4H,(H,8,9);/q-1;;. The normalized spacial score (nSPS) is 9.79. The summed E-state index contributed by atoms with van der Waals surface area (Å²) in [6, 6.07) is 21.2. The van der Waals surface area contributed by atoms with Crippen molar-refractivity contribution in [2.75, 3.05) is 0 Å². The van der Waals surface area contributed by atoms with Crippen LogP contribution in [0.15, 0.2) is 66.9 Å². The number of aromatic carboxylic acids is 1. The molecular formula is C21H15ClIrN3O2-. The number of hydrogen-bond acceptors (Lipinski definition) is 4. The fraction of sp³-hybridized carbons (Fsp3) is 0.0476. The maximum atomic E-state index is 10.1. The van der Waals surface area contributed by atoms with Crippen LogP contribution in [0.3, 0.4) is 0 Å². The molecule has 0 spiro atoms. The van der Waals surface area contributed by atoms with Gasteiger partial charge in [-0.3, -0.25) is 9.97 Å². The number of carboxylic acid groups (broad SMARTS) is 1. The Morgan fingerprint density at radius 3 is 2.21 bits per heavy atom. The molecule has 2 aromatic carbocycles. The van der Waals surface area contributed by atoms with Crippen molar-refractivity contribution in [3.8, 4) is 11.3 Å². The van der Waals surface area contributed by atoms with E-state index >= 15 is 0 Å². The van der Waals surface area contributed by atoms with Crippen LogP contribution in [0, 0.1) is 13.0 Å². The Kier molecular flexibility index (Phi) is 7.76. The first-order valence-corrected chi connectivity index (χ1v) is 8.47. The molecule has 0 atom stereocenters. The third-order valence-corrected chi connectivity index (χ3v) is 3.89.